The van der Waals surface area contributed by atoms with Crippen LogP contribution in [0.15, 0.2) is 18.5 Å². The highest BCUT2D eigenvalue weighted by Gasteiger charge is 2.38. The number of pyridine rings is 1. The van der Waals surface area contributed by atoms with Gasteiger partial charge < -0.3 is 9.84 Å². The molecule has 3 heteroatoms. The second kappa shape index (κ2) is 5.27. The van der Waals surface area contributed by atoms with E-state index in [4.69, 9.17) is 4.74 Å². The van der Waals surface area contributed by atoms with Crippen molar-refractivity contribution in [2.24, 2.45) is 5.92 Å². The van der Waals surface area contributed by atoms with Crippen LogP contribution >= 0.6 is 0 Å². The van der Waals surface area contributed by atoms with E-state index >= 15 is 0 Å². The summed E-state index contributed by atoms with van der Waals surface area (Å²) < 4.78 is 5.65. The van der Waals surface area contributed by atoms with E-state index in [1.165, 1.54) is 6.42 Å². The number of aliphatic hydroxyl groups is 1. The van der Waals surface area contributed by atoms with Gasteiger partial charge >= 0.3 is 0 Å². The van der Waals surface area contributed by atoms with E-state index in [9.17, 15) is 5.11 Å². The van der Waals surface area contributed by atoms with Crippen LogP contribution in [-0.2, 0) is 5.60 Å². The Kier molecular flexibility index (Phi) is 3.91. The lowest BCUT2D eigenvalue weighted by molar-refractivity contribution is -0.0474. The quantitative estimate of drug-likeness (QED) is 0.894. The third-order valence-corrected chi connectivity index (χ3v) is 3.85. The third kappa shape index (κ3) is 2.66. The summed E-state index contributed by atoms with van der Waals surface area (Å²) in [4.78, 5) is 4.21. The van der Waals surface area contributed by atoms with Crippen LogP contribution in [0.25, 0.3) is 0 Å². The van der Waals surface area contributed by atoms with E-state index in [2.05, 4.69) is 11.9 Å². The van der Waals surface area contributed by atoms with Crippen molar-refractivity contribution in [2.45, 2.75) is 58.2 Å². The van der Waals surface area contributed by atoms with E-state index < -0.39 is 5.60 Å². The van der Waals surface area contributed by atoms with Gasteiger partial charge in [0.15, 0.2) is 0 Å². The average Bonchev–Trinajstić information content (AvgIpc) is 2.32. The van der Waals surface area contributed by atoms with E-state index in [1.54, 1.807) is 12.4 Å². The maximum Gasteiger partial charge on any atom is 0.138 e. The zero-order valence-corrected chi connectivity index (χ0v) is 11.5. The smallest absolute Gasteiger partial charge is 0.138 e. The van der Waals surface area contributed by atoms with Gasteiger partial charge in [0, 0.05) is 11.8 Å². The minimum atomic E-state index is -0.735. The Morgan fingerprint density at radius 2 is 2.17 bits per heavy atom. The monoisotopic (exact) mass is 249 g/mol. The molecular weight excluding hydrogens is 226 g/mol. The van der Waals surface area contributed by atoms with Gasteiger partial charge in [-0.2, -0.15) is 0 Å². The molecule has 2 atom stereocenters. The van der Waals surface area contributed by atoms with Crippen molar-refractivity contribution in [3.8, 4) is 5.75 Å². The summed E-state index contributed by atoms with van der Waals surface area (Å²) in [7, 11) is 0. The largest absolute Gasteiger partial charge is 0.489 e. The zero-order valence-electron chi connectivity index (χ0n) is 11.5. The fraction of sp³-hybridized carbons (Fsp3) is 0.667. The fourth-order valence-corrected chi connectivity index (χ4v) is 2.75. The van der Waals surface area contributed by atoms with Gasteiger partial charge in [-0.05, 0) is 38.7 Å². The summed E-state index contributed by atoms with van der Waals surface area (Å²) in [6, 6.07) is 1.94. The van der Waals surface area contributed by atoms with Crippen LogP contribution in [0.3, 0.4) is 0 Å². The Labute approximate surface area is 109 Å². The first kappa shape index (κ1) is 13.3. The molecule has 0 saturated heterocycles. The molecule has 100 valence electrons. The zero-order chi connectivity index (χ0) is 13.2. The van der Waals surface area contributed by atoms with Crippen molar-refractivity contribution >= 4 is 0 Å². The Hall–Kier alpha value is -1.09. The van der Waals surface area contributed by atoms with Gasteiger partial charge in [-0.1, -0.05) is 19.8 Å². The molecule has 0 amide bonds. The molecule has 2 rings (SSSR count). The molecule has 1 aromatic rings. The molecule has 1 heterocycles. The van der Waals surface area contributed by atoms with Crippen molar-refractivity contribution in [1.82, 2.24) is 4.98 Å². The predicted molar refractivity (Wildman–Crippen MR) is 71.5 cm³/mol. The SMILES string of the molecule is CC(C)Oc1cncc(C2(O)CCCCC2C)c1. The molecule has 0 aliphatic heterocycles. The maximum absolute atomic E-state index is 10.9. The van der Waals surface area contributed by atoms with E-state index in [0.29, 0.717) is 0 Å². The Bertz CT molecular complexity index is 405. The molecule has 1 aromatic heterocycles. The van der Waals surface area contributed by atoms with Crippen LogP contribution in [0.4, 0.5) is 0 Å². The van der Waals surface area contributed by atoms with Gasteiger partial charge in [-0.3, -0.25) is 4.98 Å². The first-order valence-electron chi connectivity index (χ1n) is 6.87. The number of hydrogen-bond donors (Lipinski definition) is 1. The molecule has 1 aliphatic rings. The summed E-state index contributed by atoms with van der Waals surface area (Å²) in [6.07, 6.45) is 7.79. The lowest BCUT2D eigenvalue weighted by Gasteiger charge is -2.38. The standard InChI is InChI=1S/C15H23NO2/c1-11(2)18-14-8-13(9-16-10-14)15(17)7-5-4-6-12(15)3/h8-12,17H,4-7H2,1-3H3. The maximum atomic E-state index is 10.9. The molecule has 0 radical (unpaired) electrons. The molecule has 2 unspecified atom stereocenters. The van der Waals surface area contributed by atoms with Gasteiger partial charge in [0.05, 0.1) is 17.9 Å². The third-order valence-electron chi connectivity index (χ3n) is 3.85. The minimum Gasteiger partial charge on any atom is -0.489 e. The molecule has 1 saturated carbocycles. The normalized spacial score (nSPS) is 28.4. The number of aromatic nitrogens is 1. The van der Waals surface area contributed by atoms with Gasteiger partial charge in [0.1, 0.15) is 5.75 Å². The Morgan fingerprint density at radius 1 is 1.39 bits per heavy atom. The Balaban J connectivity index is 2.26. The summed E-state index contributed by atoms with van der Waals surface area (Å²) >= 11 is 0. The van der Waals surface area contributed by atoms with Crippen LogP contribution in [-0.4, -0.2) is 16.2 Å². The van der Waals surface area contributed by atoms with E-state index in [0.717, 1.165) is 30.6 Å². The number of rotatable bonds is 3. The summed E-state index contributed by atoms with van der Waals surface area (Å²) in [5.74, 6) is 1.02. The first-order valence-corrected chi connectivity index (χ1v) is 6.87. The Morgan fingerprint density at radius 3 is 2.83 bits per heavy atom. The highest BCUT2D eigenvalue weighted by molar-refractivity contribution is 5.29. The average molecular weight is 249 g/mol. The lowest BCUT2D eigenvalue weighted by atomic mass is 9.73. The van der Waals surface area contributed by atoms with Crippen molar-refractivity contribution in [1.29, 1.82) is 0 Å². The van der Waals surface area contributed by atoms with Crippen molar-refractivity contribution in [3.05, 3.63) is 24.0 Å². The van der Waals surface area contributed by atoms with Crippen LogP contribution in [0.1, 0.15) is 52.0 Å². The second-order valence-electron chi connectivity index (χ2n) is 5.65. The number of ether oxygens (including phenoxy) is 1. The summed E-state index contributed by atoms with van der Waals surface area (Å²) in [5.41, 5.74) is 0.162. The molecule has 1 fully saturated rings. The van der Waals surface area contributed by atoms with Crippen LogP contribution in [0.5, 0.6) is 5.75 Å². The van der Waals surface area contributed by atoms with Crippen LogP contribution < -0.4 is 4.74 Å². The van der Waals surface area contributed by atoms with E-state index in [-0.39, 0.29) is 12.0 Å². The highest BCUT2D eigenvalue weighted by atomic mass is 16.5. The predicted octanol–water partition coefficient (Wildman–Crippen LogP) is 3.27. The molecule has 3 nitrogen and oxygen atoms in total. The number of hydrogen-bond acceptors (Lipinski definition) is 3. The van der Waals surface area contributed by atoms with Crippen molar-refractivity contribution in [2.75, 3.05) is 0 Å². The summed E-state index contributed by atoms with van der Waals surface area (Å²) in [6.45, 7) is 6.10. The number of nitrogens with zero attached hydrogens (tertiary/aromatic N) is 1. The molecule has 0 bridgehead atoms. The molecule has 1 aliphatic carbocycles. The van der Waals surface area contributed by atoms with E-state index in [1.807, 2.05) is 19.9 Å². The van der Waals surface area contributed by atoms with Crippen molar-refractivity contribution in [3.63, 3.8) is 0 Å². The topological polar surface area (TPSA) is 42.4 Å². The molecule has 0 spiro atoms. The van der Waals surface area contributed by atoms with Gasteiger partial charge in [0.2, 0.25) is 0 Å². The highest BCUT2D eigenvalue weighted by Crippen LogP contribution is 2.41. The molecule has 1 N–H and O–H groups in total. The fourth-order valence-electron chi connectivity index (χ4n) is 2.75. The molecule has 0 aromatic carbocycles. The van der Waals surface area contributed by atoms with Gasteiger partial charge in [0.25, 0.3) is 0 Å². The van der Waals surface area contributed by atoms with Gasteiger partial charge in [-0.25, -0.2) is 0 Å². The van der Waals surface area contributed by atoms with Gasteiger partial charge in [-0.15, -0.1) is 0 Å². The summed E-state index contributed by atoms with van der Waals surface area (Å²) in [5, 5.41) is 10.9. The second-order valence-corrected chi connectivity index (χ2v) is 5.65. The van der Waals surface area contributed by atoms with Crippen LogP contribution in [0, 0.1) is 5.92 Å². The first-order chi connectivity index (χ1) is 8.52. The van der Waals surface area contributed by atoms with Crippen molar-refractivity contribution < 1.29 is 9.84 Å². The van der Waals surface area contributed by atoms with Crippen LogP contribution in [0.2, 0.25) is 0 Å². The lowest BCUT2D eigenvalue weighted by Crippen LogP contribution is -2.36. The minimum absolute atomic E-state index is 0.125. The molecule has 18 heavy (non-hydrogen) atoms. The molecular formula is C15H23NO2.